The van der Waals surface area contributed by atoms with E-state index in [4.69, 9.17) is 9.47 Å². The summed E-state index contributed by atoms with van der Waals surface area (Å²) in [6.07, 6.45) is -2.93. The first-order valence-corrected chi connectivity index (χ1v) is 9.38. The number of imidazole rings is 1. The highest BCUT2D eigenvalue weighted by Gasteiger charge is 2.44. The standard InChI is InChI=1S/C19H20N6O5/c1-9-3-5-10(6-4-9)15-22-23-17-12-16(21-19(29-2)25(15)17)24(8-20-12)18-14(28)13(27)11(7-26)30-18/h3-6,8,11,13-14,18,26-28H,7H2,1-2H3/t11-,13-,14-,18-/m1/s1. The highest BCUT2D eigenvalue weighted by molar-refractivity contribution is 5.87. The molecular formula is C19H20N6O5. The number of nitrogens with zero attached hydrogens (tertiary/aromatic N) is 6. The van der Waals surface area contributed by atoms with Crippen LogP contribution in [0.2, 0.25) is 0 Å². The van der Waals surface area contributed by atoms with Crippen molar-refractivity contribution in [1.82, 2.24) is 29.1 Å². The average molecular weight is 412 g/mol. The molecule has 3 N–H and O–H groups in total. The second kappa shape index (κ2) is 6.99. The van der Waals surface area contributed by atoms with E-state index in [0.29, 0.717) is 22.6 Å². The normalized spacial score (nSPS) is 24.2. The predicted molar refractivity (Wildman–Crippen MR) is 104 cm³/mol. The van der Waals surface area contributed by atoms with Crippen molar-refractivity contribution >= 4 is 16.8 Å². The SMILES string of the molecule is COc1nc2c(ncn2[C@@H]2O[C@H](CO)[C@@H](O)[C@H]2O)c2nnc(-c3ccc(C)cc3)n12. The van der Waals surface area contributed by atoms with Crippen LogP contribution in [0, 0.1) is 6.92 Å². The van der Waals surface area contributed by atoms with Crippen molar-refractivity contribution in [2.24, 2.45) is 0 Å². The van der Waals surface area contributed by atoms with E-state index in [-0.39, 0.29) is 6.01 Å². The van der Waals surface area contributed by atoms with Gasteiger partial charge in [-0.3, -0.25) is 4.57 Å². The largest absolute Gasteiger partial charge is 0.468 e. The van der Waals surface area contributed by atoms with E-state index < -0.39 is 31.1 Å². The molecule has 156 valence electrons. The number of hydrogen-bond acceptors (Lipinski definition) is 9. The minimum absolute atomic E-state index is 0.228. The molecule has 1 aromatic carbocycles. The summed E-state index contributed by atoms with van der Waals surface area (Å²) >= 11 is 0. The Morgan fingerprint density at radius 3 is 2.53 bits per heavy atom. The van der Waals surface area contributed by atoms with Crippen molar-refractivity contribution in [3.63, 3.8) is 0 Å². The molecule has 0 saturated carbocycles. The fraction of sp³-hybridized carbons (Fsp3) is 0.368. The second-order valence-corrected chi connectivity index (χ2v) is 7.20. The van der Waals surface area contributed by atoms with Gasteiger partial charge in [-0.05, 0) is 6.92 Å². The van der Waals surface area contributed by atoms with Gasteiger partial charge in [0.05, 0.1) is 20.0 Å². The second-order valence-electron chi connectivity index (χ2n) is 7.20. The monoisotopic (exact) mass is 412 g/mol. The molecule has 0 spiro atoms. The first-order chi connectivity index (χ1) is 14.5. The summed E-state index contributed by atoms with van der Waals surface area (Å²) in [5.41, 5.74) is 3.17. The van der Waals surface area contributed by atoms with Crippen molar-refractivity contribution < 1.29 is 24.8 Å². The molecule has 11 nitrogen and oxygen atoms in total. The quantitative estimate of drug-likeness (QED) is 0.425. The zero-order valence-corrected chi connectivity index (χ0v) is 16.2. The molecule has 0 unspecified atom stereocenters. The smallest absolute Gasteiger partial charge is 0.305 e. The molecular weight excluding hydrogens is 392 g/mol. The number of aryl methyl sites for hydroxylation is 1. The third-order valence-corrected chi connectivity index (χ3v) is 5.32. The molecule has 1 aliphatic rings. The third kappa shape index (κ3) is 2.67. The fourth-order valence-electron chi connectivity index (χ4n) is 3.71. The Kier molecular flexibility index (Phi) is 4.40. The van der Waals surface area contributed by atoms with Crippen LogP contribution < -0.4 is 4.74 Å². The molecule has 0 amide bonds. The molecule has 4 atom stereocenters. The molecule has 11 heteroatoms. The topological polar surface area (TPSA) is 140 Å². The van der Waals surface area contributed by atoms with Crippen LogP contribution in [0.5, 0.6) is 6.01 Å². The number of aliphatic hydroxyl groups is 3. The van der Waals surface area contributed by atoms with Gasteiger partial charge in [-0.25, -0.2) is 9.38 Å². The maximum absolute atomic E-state index is 10.4. The van der Waals surface area contributed by atoms with Gasteiger partial charge in [-0.1, -0.05) is 29.8 Å². The number of aliphatic hydroxyl groups excluding tert-OH is 3. The van der Waals surface area contributed by atoms with Gasteiger partial charge in [0.15, 0.2) is 28.9 Å². The Hall–Kier alpha value is -3.12. The molecule has 5 rings (SSSR count). The fourth-order valence-corrected chi connectivity index (χ4v) is 3.71. The Bertz CT molecular complexity index is 1220. The zero-order chi connectivity index (χ0) is 21.0. The van der Waals surface area contributed by atoms with E-state index in [1.54, 1.807) is 4.40 Å². The minimum atomic E-state index is -1.26. The number of aromatic nitrogens is 6. The molecule has 0 radical (unpaired) electrons. The number of methoxy groups -OCH3 is 1. The van der Waals surface area contributed by atoms with Gasteiger partial charge in [0.25, 0.3) is 0 Å². The first-order valence-electron chi connectivity index (χ1n) is 9.38. The molecule has 4 aromatic rings. The highest BCUT2D eigenvalue weighted by Crippen LogP contribution is 2.33. The van der Waals surface area contributed by atoms with E-state index in [1.165, 1.54) is 18.0 Å². The molecule has 30 heavy (non-hydrogen) atoms. The Labute approximate surface area is 170 Å². The van der Waals surface area contributed by atoms with Crippen LogP contribution in [0.1, 0.15) is 11.8 Å². The molecule has 3 aromatic heterocycles. The third-order valence-electron chi connectivity index (χ3n) is 5.32. The van der Waals surface area contributed by atoms with Crippen LogP contribution >= 0.6 is 0 Å². The number of ether oxygens (including phenoxy) is 2. The average Bonchev–Trinajstić information content (AvgIpc) is 3.44. The summed E-state index contributed by atoms with van der Waals surface area (Å²) in [6, 6.07) is 8.06. The highest BCUT2D eigenvalue weighted by atomic mass is 16.6. The van der Waals surface area contributed by atoms with Gasteiger partial charge in [0.1, 0.15) is 18.3 Å². The van der Waals surface area contributed by atoms with Gasteiger partial charge in [-0.2, -0.15) is 4.98 Å². The van der Waals surface area contributed by atoms with Gasteiger partial charge in [0, 0.05) is 5.56 Å². The minimum Gasteiger partial charge on any atom is -0.468 e. The maximum Gasteiger partial charge on any atom is 0.305 e. The zero-order valence-electron chi connectivity index (χ0n) is 16.2. The van der Waals surface area contributed by atoms with E-state index in [9.17, 15) is 15.3 Å². The lowest BCUT2D eigenvalue weighted by molar-refractivity contribution is -0.0511. The van der Waals surface area contributed by atoms with Crippen LogP contribution in [-0.2, 0) is 4.74 Å². The van der Waals surface area contributed by atoms with E-state index in [0.717, 1.165) is 11.1 Å². The van der Waals surface area contributed by atoms with Crippen molar-refractivity contribution in [3.05, 3.63) is 36.2 Å². The number of rotatable bonds is 4. The van der Waals surface area contributed by atoms with Crippen molar-refractivity contribution in [2.45, 2.75) is 31.5 Å². The van der Waals surface area contributed by atoms with Crippen LogP contribution in [0.25, 0.3) is 28.2 Å². The Morgan fingerprint density at radius 1 is 1.10 bits per heavy atom. The van der Waals surface area contributed by atoms with Crippen molar-refractivity contribution in [3.8, 4) is 17.4 Å². The summed E-state index contributed by atoms with van der Waals surface area (Å²) < 4.78 is 14.3. The van der Waals surface area contributed by atoms with Gasteiger partial charge in [-0.15, -0.1) is 10.2 Å². The lowest BCUT2D eigenvalue weighted by Crippen LogP contribution is -2.33. The molecule has 1 fully saturated rings. The van der Waals surface area contributed by atoms with Gasteiger partial charge in [0.2, 0.25) is 0 Å². The van der Waals surface area contributed by atoms with Crippen molar-refractivity contribution in [1.29, 1.82) is 0 Å². The molecule has 0 aliphatic carbocycles. The summed E-state index contributed by atoms with van der Waals surface area (Å²) in [5.74, 6) is 0.554. The van der Waals surface area contributed by atoms with Crippen LogP contribution in [-0.4, -0.2) is 76.5 Å². The molecule has 0 bridgehead atoms. The first kappa shape index (κ1) is 18.9. The van der Waals surface area contributed by atoms with Crippen LogP contribution in [0.4, 0.5) is 0 Å². The van der Waals surface area contributed by atoms with E-state index >= 15 is 0 Å². The van der Waals surface area contributed by atoms with Crippen LogP contribution in [0.3, 0.4) is 0 Å². The predicted octanol–water partition coefficient (Wildman–Crippen LogP) is 0.0695. The van der Waals surface area contributed by atoms with E-state index in [2.05, 4.69) is 20.2 Å². The summed E-state index contributed by atoms with van der Waals surface area (Å²) in [6.45, 7) is 1.58. The summed E-state index contributed by atoms with van der Waals surface area (Å²) in [5, 5.41) is 38.4. The van der Waals surface area contributed by atoms with Crippen molar-refractivity contribution in [2.75, 3.05) is 13.7 Å². The number of benzene rings is 1. The summed E-state index contributed by atoms with van der Waals surface area (Å²) in [7, 11) is 1.49. The Morgan fingerprint density at radius 2 is 1.87 bits per heavy atom. The molecule has 4 heterocycles. The Balaban J connectivity index is 1.68. The number of fused-ring (bicyclic) bond motifs is 3. The molecule has 1 saturated heterocycles. The van der Waals surface area contributed by atoms with Gasteiger partial charge < -0.3 is 24.8 Å². The lowest BCUT2D eigenvalue weighted by Gasteiger charge is -2.16. The van der Waals surface area contributed by atoms with Crippen LogP contribution in [0.15, 0.2) is 30.6 Å². The summed E-state index contributed by atoms with van der Waals surface area (Å²) in [4.78, 5) is 8.92. The van der Waals surface area contributed by atoms with E-state index in [1.807, 2.05) is 31.2 Å². The number of hydrogen-bond donors (Lipinski definition) is 3. The van der Waals surface area contributed by atoms with Gasteiger partial charge >= 0.3 is 6.01 Å². The molecule has 1 aliphatic heterocycles. The maximum atomic E-state index is 10.4. The lowest BCUT2D eigenvalue weighted by atomic mass is 10.1.